The lowest BCUT2D eigenvalue weighted by atomic mass is 10.2. The summed E-state index contributed by atoms with van der Waals surface area (Å²) in [6.07, 6.45) is 1.24. The minimum absolute atomic E-state index is 0.0612. The van der Waals surface area contributed by atoms with Crippen LogP contribution in [0.3, 0.4) is 0 Å². The monoisotopic (exact) mass is 385 g/mol. The van der Waals surface area contributed by atoms with Gasteiger partial charge in [0.1, 0.15) is 4.90 Å². The maximum absolute atomic E-state index is 12.8. The molecule has 0 N–H and O–H groups in total. The van der Waals surface area contributed by atoms with Crippen LogP contribution in [-0.2, 0) is 9.84 Å². The molecule has 0 unspecified atom stereocenters. The molecule has 0 spiro atoms. The summed E-state index contributed by atoms with van der Waals surface area (Å²) in [5, 5.41) is 1.52. The van der Waals surface area contributed by atoms with E-state index in [2.05, 4.69) is 4.98 Å². The molecule has 3 aromatic rings. The van der Waals surface area contributed by atoms with Gasteiger partial charge in [0.15, 0.2) is 0 Å². The van der Waals surface area contributed by atoms with Crippen LogP contribution in [0.15, 0.2) is 52.4 Å². The largest absolute Gasteiger partial charge is 0.255 e. The second-order valence-corrected chi connectivity index (χ2v) is 8.15. The molecule has 0 radical (unpaired) electrons. The van der Waals surface area contributed by atoms with Gasteiger partial charge in [0, 0.05) is 21.6 Å². The molecule has 3 rings (SSSR count). The second-order valence-electron chi connectivity index (χ2n) is 5.01. The van der Waals surface area contributed by atoms with E-state index in [4.69, 9.17) is 34.8 Å². The molecule has 2 aromatic carbocycles. The molecular formula is C16H10Cl3NO2S. The van der Waals surface area contributed by atoms with Gasteiger partial charge in [-0.25, -0.2) is 8.42 Å². The summed E-state index contributed by atoms with van der Waals surface area (Å²) in [7, 11) is -3.82. The summed E-state index contributed by atoms with van der Waals surface area (Å²) < 4.78 is 25.6. The Labute approximate surface area is 148 Å². The van der Waals surface area contributed by atoms with Crippen molar-refractivity contribution < 1.29 is 8.42 Å². The van der Waals surface area contributed by atoms with Crippen LogP contribution in [0.2, 0.25) is 15.1 Å². The third kappa shape index (κ3) is 2.92. The highest BCUT2D eigenvalue weighted by Crippen LogP contribution is 2.34. The molecule has 0 saturated heterocycles. The minimum Gasteiger partial charge on any atom is -0.255 e. The summed E-state index contributed by atoms with van der Waals surface area (Å²) >= 11 is 18.2. The van der Waals surface area contributed by atoms with Gasteiger partial charge in [0.25, 0.3) is 0 Å². The maximum Gasteiger partial charge on any atom is 0.209 e. The van der Waals surface area contributed by atoms with Crippen LogP contribution in [0, 0.1) is 6.92 Å². The molecular weight excluding hydrogens is 377 g/mol. The first-order chi connectivity index (χ1) is 10.8. The van der Waals surface area contributed by atoms with Crippen LogP contribution in [0.4, 0.5) is 0 Å². The van der Waals surface area contributed by atoms with E-state index in [1.165, 1.54) is 18.3 Å². The van der Waals surface area contributed by atoms with E-state index in [0.29, 0.717) is 20.9 Å². The van der Waals surface area contributed by atoms with E-state index in [1.54, 1.807) is 31.2 Å². The first kappa shape index (κ1) is 16.5. The van der Waals surface area contributed by atoms with Crippen LogP contribution >= 0.6 is 34.8 Å². The highest BCUT2D eigenvalue weighted by molar-refractivity contribution is 7.91. The molecule has 7 heteroatoms. The predicted molar refractivity (Wildman–Crippen MR) is 93.4 cm³/mol. The zero-order chi connectivity index (χ0) is 16.8. The van der Waals surface area contributed by atoms with Crippen molar-refractivity contribution in [2.24, 2.45) is 0 Å². The third-order valence-electron chi connectivity index (χ3n) is 3.48. The standard InChI is InChI=1S/C16H10Cl3NO2S/c1-9-2-4-11(7-13(9)18)23(21,22)15-8-20-14-6-10(17)3-5-12(14)16(15)19/h2-8H,1H3. The van der Waals surface area contributed by atoms with Crippen LogP contribution in [0.5, 0.6) is 0 Å². The van der Waals surface area contributed by atoms with Crippen LogP contribution in [0.25, 0.3) is 10.9 Å². The van der Waals surface area contributed by atoms with Crippen LogP contribution < -0.4 is 0 Å². The fraction of sp³-hybridized carbons (Fsp3) is 0.0625. The highest BCUT2D eigenvalue weighted by atomic mass is 35.5. The number of aromatic nitrogens is 1. The molecule has 0 aliphatic rings. The number of rotatable bonds is 2. The Hall–Kier alpha value is -1.33. The van der Waals surface area contributed by atoms with Gasteiger partial charge in [-0.1, -0.05) is 40.9 Å². The number of sulfone groups is 1. The summed E-state index contributed by atoms with van der Waals surface area (Å²) in [6, 6.07) is 9.47. The topological polar surface area (TPSA) is 47.0 Å². The molecule has 0 bridgehead atoms. The number of hydrogen-bond acceptors (Lipinski definition) is 3. The zero-order valence-electron chi connectivity index (χ0n) is 11.8. The number of benzene rings is 2. The van der Waals surface area contributed by atoms with E-state index >= 15 is 0 Å². The minimum atomic E-state index is -3.82. The lowest BCUT2D eigenvalue weighted by Crippen LogP contribution is -2.04. The fourth-order valence-corrected chi connectivity index (χ4v) is 4.41. The van der Waals surface area contributed by atoms with E-state index < -0.39 is 9.84 Å². The van der Waals surface area contributed by atoms with Crippen molar-refractivity contribution in [1.82, 2.24) is 4.98 Å². The highest BCUT2D eigenvalue weighted by Gasteiger charge is 2.23. The number of halogens is 3. The molecule has 0 amide bonds. The number of hydrogen-bond donors (Lipinski definition) is 0. The molecule has 3 nitrogen and oxygen atoms in total. The van der Waals surface area contributed by atoms with E-state index in [-0.39, 0.29) is 14.8 Å². The fourth-order valence-electron chi connectivity index (χ4n) is 2.17. The van der Waals surface area contributed by atoms with Gasteiger partial charge in [-0.3, -0.25) is 4.98 Å². The van der Waals surface area contributed by atoms with Crippen molar-refractivity contribution in [1.29, 1.82) is 0 Å². The molecule has 0 atom stereocenters. The van der Waals surface area contributed by atoms with Gasteiger partial charge in [0.05, 0.1) is 15.4 Å². The predicted octanol–water partition coefficient (Wildman–Crippen LogP) is 5.34. The molecule has 1 aromatic heterocycles. The van der Waals surface area contributed by atoms with Crippen LogP contribution in [0.1, 0.15) is 5.56 Å². The molecule has 0 fully saturated rings. The lowest BCUT2D eigenvalue weighted by Gasteiger charge is -2.10. The van der Waals surface area contributed by atoms with Crippen LogP contribution in [-0.4, -0.2) is 13.4 Å². The van der Waals surface area contributed by atoms with Gasteiger partial charge in [-0.05, 0) is 42.8 Å². The van der Waals surface area contributed by atoms with Gasteiger partial charge < -0.3 is 0 Å². The third-order valence-corrected chi connectivity index (χ3v) is 6.40. The average Bonchev–Trinajstić information content (AvgIpc) is 2.49. The Morgan fingerprint density at radius 3 is 2.43 bits per heavy atom. The summed E-state index contributed by atoms with van der Waals surface area (Å²) in [5.74, 6) is 0. The first-order valence-electron chi connectivity index (χ1n) is 6.56. The summed E-state index contributed by atoms with van der Waals surface area (Å²) in [5.41, 5.74) is 1.33. The normalized spacial score (nSPS) is 11.8. The second kappa shape index (κ2) is 5.95. The number of pyridine rings is 1. The van der Waals surface area contributed by atoms with Gasteiger partial charge >= 0.3 is 0 Å². The van der Waals surface area contributed by atoms with Crippen molar-refractivity contribution in [2.45, 2.75) is 16.7 Å². The van der Waals surface area contributed by atoms with Gasteiger partial charge in [-0.15, -0.1) is 0 Å². The van der Waals surface area contributed by atoms with Crippen molar-refractivity contribution in [2.75, 3.05) is 0 Å². The number of fused-ring (bicyclic) bond motifs is 1. The van der Waals surface area contributed by atoms with Crippen molar-refractivity contribution in [3.8, 4) is 0 Å². The molecule has 0 aliphatic heterocycles. The molecule has 23 heavy (non-hydrogen) atoms. The van der Waals surface area contributed by atoms with E-state index in [0.717, 1.165) is 5.56 Å². The first-order valence-corrected chi connectivity index (χ1v) is 9.17. The Kier molecular flexibility index (Phi) is 4.27. The summed E-state index contributed by atoms with van der Waals surface area (Å²) in [4.78, 5) is 4.17. The lowest BCUT2D eigenvalue weighted by molar-refractivity contribution is 0.596. The Morgan fingerprint density at radius 1 is 1.00 bits per heavy atom. The smallest absolute Gasteiger partial charge is 0.209 e. The Bertz CT molecular complexity index is 1030. The Balaban J connectivity index is 2.24. The SMILES string of the molecule is Cc1ccc(S(=O)(=O)c2cnc3cc(Cl)ccc3c2Cl)cc1Cl. The van der Waals surface area contributed by atoms with Crippen molar-refractivity contribution >= 4 is 55.5 Å². The quantitative estimate of drug-likeness (QED) is 0.597. The van der Waals surface area contributed by atoms with E-state index in [1.807, 2.05) is 0 Å². The zero-order valence-corrected chi connectivity index (χ0v) is 14.9. The van der Waals surface area contributed by atoms with Crippen molar-refractivity contribution in [3.63, 3.8) is 0 Å². The van der Waals surface area contributed by atoms with Gasteiger partial charge in [0.2, 0.25) is 9.84 Å². The average molecular weight is 387 g/mol. The molecule has 1 heterocycles. The molecule has 0 aliphatic carbocycles. The molecule has 0 saturated carbocycles. The summed E-state index contributed by atoms with van der Waals surface area (Å²) in [6.45, 7) is 1.80. The Morgan fingerprint density at radius 2 is 1.74 bits per heavy atom. The number of nitrogens with zero attached hydrogens (tertiary/aromatic N) is 1. The number of aryl methyl sites for hydroxylation is 1. The van der Waals surface area contributed by atoms with E-state index in [9.17, 15) is 8.42 Å². The maximum atomic E-state index is 12.8. The van der Waals surface area contributed by atoms with Crippen molar-refractivity contribution in [3.05, 3.63) is 63.2 Å². The van der Waals surface area contributed by atoms with Gasteiger partial charge in [-0.2, -0.15) is 0 Å². The molecule has 118 valence electrons.